The Morgan fingerprint density at radius 3 is 0.744 bits per heavy atom. The average molecular weight is 518 g/mol. The van der Waals surface area contributed by atoms with Crippen LogP contribution in [0.25, 0.3) is 0 Å². The summed E-state index contributed by atoms with van der Waals surface area (Å²) in [4.78, 5) is 0. The third-order valence-corrected chi connectivity index (χ3v) is 8.45. The van der Waals surface area contributed by atoms with Crippen molar-refractivity contribution in [3.8, 4) is 0 Å². The fourth-order valence-corrected chi connectivity index (χ4v) is 5.21. The Bertz CT molecular complexity index is 1260. The van der Waals surface area contributed by atoms with Gasteiger partial charge in [-0.25, -0.2) is 0 Å². The minimum atomic E-state index is -0.0622. The zero-order valence-electron chi connectivity index (χ0n) is 25.7. The summed E-state index contributed by atoms with van der Waals surface area (Å²) in [6.45, 7) is 22.8. The number of rotatable bonds is 6. The van der Waals surface area contributed by atoms with Gasteiger partial charge in [-0.3, -0.25) is 0 Å². The molecule has 1 heteroatoms. The highest BCUT2D eigenvalue weighted by atomic mass is 14.9. The second-order valence-corrected chi connectivity index (χ2v) is 14.2. The molecule has 1 N–H and O–H groups in total. The van der Waals surface area contributed by atoms with Gasteiger partial charge in [0, 0.05) is 22.2 Å². The van der Waals surface area contributed by atoms with E-state index in [-0.39, 0.29) is 21.7 Å². The van der Waals surface area contributed by atoms with Gasteiger partial charge in [-0.05, 0) is 68.5 Å². The van der Waals surface area contributed by atoms with E-state index in [0.29, 0.717) is 0 Å². The first kappa shape index (κ1) is 28.7. The lowest BCUT2D eigenvalue weighted by Gasteiger charge is -2.28. The largest absolute Gasteiger partial charge is 0.356 e. The van der Waals surface area contributed by atoms with Crippen molar-refractivity contribution in [2.24, 2.45) is 0 Å². The Morgan fingerprint density at radius 1 is 0.308 bits per heavy atom. The van der Waals surface area contributed by atoms with Crippen LogP contribution >= 0.6 is 0 Å². The molecule has 0 aliphatic heterocycles. The molecular formula is C38H47N. The maximum absolute atomic E-state index is 3.59. The third-order valence-electron chi connectivity index (χ3n) is 8.45. The number of benzene rings is 4. The van der Waals surface area contributed by atoms with Crippen LogP contribution in [0.1, 0.15) is 103 Å². The van der Waals surface area contributed by atoms with Gasteiger partial charge in [-0.2, -0.15) is 0 Å². The van der Waals surface area contributed by atoms with Crippen molar-refractivity contribution >= 4 is 11.4 Å². The molecule has 204 valence electrons. The fraction of sp³-hybridized carbons (Fsp3) is 0.368. The molecule has 0 saturated heterocycles. The van der Waals surface area contributed by atoms with Crippen LogP contribution in [0.15, 0.2) is 97.1 Å². The summed E-state index contributed by atoms with van der Waals surface area (Å²) in [5.74, 6) is 0. The Balaban J connectivity index is 1.46. The highest BCUT2D eigenvalue weighted by Crippen LogP contribution is 2.36. The molecule has 0 atom stereocenters. The predicted octanol–water partition coefficient (Wildman–Crippen LogP) is 10.7. The Kier molecular flexibility index (Phi) is 7.60. The minimum Gasteiger partial charge on any atom is -0.356 e. The first-order valence-corrected chi connectivity index (χ1v) is 14.3. The van der Waals surface area contributed by atoms with Crippen LogP contribution in [0, 0.1) is 0 Å². The molecular weight excluding hydrogens is 470 g/mol. The van der Waals surface area contributed by atoms with E-state index < -0.39 is 0 Å². The second kappa shape index (κ2) is 10.3. The molecule has 4 aromatic rings. The van der Waals surface area contributed by atoms with E-state index in [1.165, 1.54) is 33.4 Å². The Labute approximate surface area is 237 Å². The second-order valence-electron chi connectivity index (χ2n) is 14.2. The summed E-state index contributed by atoms with van der Waals surface area (Å²) in [5, 5.41) is 3.59. The number of anilines is 2. The Hall–Kier alpha value is -3.32. The van der Waals surface area contributed by atoms with Gasteiger partial charge in [0.25, 0.3) is 0 Å². The van der Waals surface area contributed by atoms with E-state index in [1.54, 1.807) is 0 Å². The molecule has 0 fully saturated rings. The van der Waals surface area contributed by atoms with E-state index >= 15 is 0 Å². The molecule has 0 saturated carbocycles. The van der Waals surface area contributed by atoms with Gasteiger partial charge < -0.3 is 5.32 Å². The maximum atomic E-state index is 3.59. The van der Waals surface area contributed by atoms with Crippen LogP contribution in [0.3, 0.4) is 0 Å². The molecule has 39 heavy (non-hydrogen) atoms. The van der Waals surface area contributed by atoms with E-state index in [1.807, 2.05) is 0 Å². The topological polar surface area (TPSA) is 12.0 Å². The molecule has 0 spiro atoms. The van der Waals surface area contributed by atoms with Gasteiger partial charge in [0.15, 0.2) is 0 Å². The standard InChI is InChI=1S/C38H47N/c1-35(2,3)27-11-15-29(16-12-27)37(7,8)31-19-23-33(24-20-31)39-34-25-21-32(22-26-34)38(9,10)30-17-13-28(14-18-30)36(4,5)6/h11-26,39H,1-10H3. The van der Waals surface area contributed by atoms with Gasteiger partial charge in [0.2, 0.25) is 0 Å². The molecule has 0 aromatic heterocycles. The molecule has 0 unspecified atom stereocenters. The maximum Gasteiger partial charge on any atom is 0.0384 e. The first-order chi connectivity index (χ1) is 18.1. The minimum absolute atomic E-state index is 0.0622. The van der Waals surface area contributed by atoms with Gasteiger partial charge >= 0.3 is 0 Å². The van der Waals surface area contributed by atoms with Crippen molar-refractivity contribution in [2.75, 3.05) is 5.32 Å². The van der Waals surface area contributed by atoms with Gasteiger partial charge in [0.1, 0.15) is 0 Å². The summed E-state index contributed by atoms with van der Waals surface area (Å²) < 4.78 is 0. The van der Waals surface area contributed by atoms with Crippen LogP contribution in [0.4, 0.5) is 11.4 Å². The first-order valence-electron chi connectivity index (χ1n) is 14.3. The number of hydrogen-bond donors (Lipinski definition) is 1. The van der Waals surface area contributed by atoms with Crippen LogP contribution < -0.4 is 5.32 Å². The molecule has 0 amide bonds. The van der Waals surface area contributed by atoms with Crippen molar-refractivity contribution in [2.45, 2.75) is 90.9 Å². The highest BCUT2D eigenvalue weighted by molar-refractivity contribution is 5.61. The summed E-state index contributed by atoms with van der Waals surface area (Å²) in [6, 6.07) is 36.0. The molecule has 0 heterocycles. The smallest absolute Gasteiger partial charge is 0.0384 e. The highest BCUT2D eigenvalue weighted by Gasteiger charge is 2.25. The third kappa shape index (κ3) is 6.30. The lowest BCUT2D eigenvalue weighted by Crippen LogP contribution is -2.20. The molecule has 0 bridgehead atoms. The summed E-state index contributed by atoms with van der Waals surface area (Å²) in [6.07, 6.45) is 0. The zero-order chi connectivity index (χ0) is 28.6. The quantitative estimate of drug-likeness (QED) is 0.268. The molecule has 4 rings (SSSR count). The van der Waals surface area contributed by atoms with Crippen molar-refractivity contribution in [3.05, 3.63) is 130 Å². The van der Waals surface area contributed by atoms with Gasteiger partial charge in [-0.15, -0.1) is 0 Å². The predicted molar refractivity (Wildman–Crippen MR) is 171 cm³/mol. The lowest BCUT2D eigenvalue weighted by molar-refractivity contribution is 0.587. The van der Waals surface area contributed by atoms with Crippen molar-refractivity contribution < 1.29 is 0 Å². The zero-order valence-corrected chi connectivity index (χ0v) is 25.7. The monoisotopic (exact) mass is 517 g/mol. The Morgan fingerprint density at radius 2 is 0.513 bits per heavy atom. The SMILES string of the molecule is CC(C)(C)c1ccc(C(C)(C)c2ccc(Nc3ccc(C(C)(C)c4ccc(C(C)(C)C)cc4)cc3)cc2)cc1. The van der Waals surface area contributed by atoms with E-state index in [0.717, 1.165) is 11.4 Å². The van der Waals surface area contributed by atoms with Crippen LogP contribution in [-0.4, -0.2) is 0 Å². The van der Waals surface area contributed by atoms with E-state index in [9.17, 15) is 0 Å². The number of nitrogens with one attached hydrogen (secondary N) is 1. The van der Waals surface area contributed by atoms with Crippen LogP contribution in [0.2, 0.25) is 0 Å². The lowest BCUT2D eigenvalue weighted by atomic mass is 9.76. The molecule has 1 nitrogen and oxygen atoms in total. The van der Waals surface area contributed by atoms with Gasteiger partial charge in [0.05, 0.1) is 0 Å². The average Bonchev–Trinajstić information content (AvgIpc) is 2.88. The molecule has 4 aromatic carbocycles. The normalized spacial score (nSPS) is 12.9. The van der Waals surface area contributed by atoms with Crippen molar-refractivity contribution in [3.63, 3.8) is 0 Å². The summed E-state index contributed by atoms with van der Waals surface area (Å²) >= 11 is 0. The van der Waals surface area contributed by atoms with E-state index in [2.05, 4.69) is 172 Å². The molecule has 0 aliphatic rings. The summed E-state index contributed by atoms with van der Waals surface area (Å²) in [5.41, 5.74) is 10.4. The van der Waals surface area contributed by atoms with E-state index in [4.69, 9.17) is 0 Å². The fourth-order valence-electron chi connectivity index (χ4n) is 5.21. The summed E-state index contributed by atoms with van der Waals surface area (Å²) in [7, 11) is 0. The van der Waals surface area contributed by atoms with Crippen LogP contribution in [0.5, 0.6) is 0 Å². The van der Waals surface area contributed by atoms with Crippen LogP contribution in [-0.2, 0) is 21.7 Å². The van der Waals surface area contributed by atoms with Crippen molar-refractivity contribution in [1.29, 1.82) is 0 Å². The number of hydrogen-bond acceptors (Lipinski definition) is 1. The molecule has 0 aliphatic carbocycles. The molecule has 0 radical (unpaired) electrons. The van der Waals surface area contributed by atoms with Gasteiger partial charge in [-0.1, -0.05) is 142 Å². The van der Waals surface area contributed by atoms with Crippen molar-refractivity contribution in [1.82, 2.24) is 0 Å².